The van der Waals surface area contributed by atoms with Gasteiger partial charge in [0.15, 0.2) is 9.99 Å². The Labute approximate surface area is 106 Å². The predicted molar refractivity (Wildman–Crippen MR) is 70.9 cm³/mol. The Morgan fingerprint density at radius 2 is 2.27 bits per heavy atom. The molecule has 2 nitrogen and oxygen atoms in total. The summed E-state index contributed by atoms with van der Waals surface area (Å²) in [5.74, 6) is 1.12. The number of hydrogen-bond donors (Lipinski definition) is 0. The van der Waals surface area contributed by atoms with Gasteiger partial charge in [-0.3, -0.25) is 0 Å². The van der Waals surface area contributed by atoms with Gasteiger partial charge in [-0.2, -0.15) is 0 Å². The summed E-state index contributed by atoms with van der Waals surface area (Å²) < 4.78 is 3.34. The van der Waals surface area contributed by atoms with Crippen LogP contribution in [0.4, 0.5) is 0 Å². The van der Waals surface area contributed by atoms with Crippen LogP contribution in [-0.4, -0.2) is 15.7 Å². The highest BCUT2D eigenvalue weighted by Crippen LogP contribution is 2.31. The highest BCUT2D eigenvalue weighted by atomic mass is 79.9. The first-order valence-electron chi connectivity index (χ1n) is 4.77. The van der Waals surface area contributed by atoms with Gasteiger partial charge in [0.25, 0.3) is 0 Å². The molecule has 0 unspecified atom stereocenters. The standard InChI is InChI=1S/C10H11BrN2S2/c1-3-4-14-10-13-9-8(15-10)5-7(11)6(2)12-9/h5H,3-4H2,1-2H3. The number of hydrogen-bond acceptors (Lipinski definition) is 4. The zero-order chi connectivity index (χ0) is 10.8. The summed E-state index contributed by atoms with van der Waals surface area (Å²) in [6.45, 7) is 4.17. The van der Waals surface area contributed by atoms with Gasteiger partial charge in [0.2, 0.25) is 0 Å². The summed E-state index contributed by atoms with van der Waals surface area (Å²) in [5.41, 5.74) is 1.87. The van der Waals surface area contributed by atoms with E-state index in [1.165, 1.54) is 6.42 Å². The number of thiazole rings is 1. The van der Waals surface area contributed by atoms with Gasteiger partial charge in [0.05, 0.1) is 10.4 Å². The first-order valence-corrected chi connectivity index (χ1v) is 7.36. The summed E-state index contributed by atoms with van der Waals surface area (Å²) in [7, 11) is 0. The number of aryl methyl sites for hydroxylation is 1. The summed E-state index contributed by atoms with van der Waals surface area (Å²) >= 11 is 7.02. The molecule has 0 aliphatic heterocycles. The lowest BCUT2D eigenvalue weighted by atomic mass is 10.4. The van der Waals surface area contributed by atoms with Crippen LogP contribution in [0.5, 0.6) is 0 Å². The van der Waals surface area contributed by atoms with Crippen molar-refractivity contribution >= 4 is 49.4 Å². The molecule has 0 atom stereocenters. The molecule has 0 amide bonds. The molecule has 2 aromatic heterocycles. The third-order valence-electron chi connectivity index (χ3n) is 1.92. The first kappa shape index (κ1) is 11.4. The van der Waals surface area contributed by atoms with Crippen LogP contribution >= 0.6 is 39.0 Å². The van der Waals surface area contributed by atoms with Crippen LogP contribution in [0, 0.1) is 6.92 Å². The second-order valence-electron chi connectivity index (χ2n) is 3.21. The monoisotopic (exact) mass is 302 g/mol. The number of nitrogens with zero attached hydrogens (tertiary/aromatic N) is 2. The molecule has 2 heterocycles. The third kappa shape index (κ3) is 2.52. The molecule has 2 aromatic rings. The Hall–Kier alpha value is -0.130. The molecule has 0 fully saturated rings. The summed E-state index contributed by atoms with van der Waals surface area (Å²) in [6.07, 6.45) is 1.18. The largest absolute Gasteiger partial charge is 0.231 e. The van der Waals surface area contributed by atoms with Crippen LogP contribution in [0.1, 0.15) is 19.0 Å². The maximum absolute atomic E-state index is 4.50. The minimum absolute atomic E-state index is 0.874. The fourth-order valence-corrected chi connectivity index (χ4v) is 3.59. The number of fused-ring (bicyclic) bond motifs is 1. The minimum atomic E-state index is 0.874. The molecular weight excluding hydrogens is 292 g/mol. The van der Waals surface area contributed by atoms with Gasteiger partial charge >= 0.3 is 0 Å². The molecule has 5 heteroatoms. The van der Waals surface area contributed by atoms with Gasteiger partial charge in [-0.15, -0.1) is 11.3 Å². The first-order chi connectivity index (χ1) is 7.20. The average Bonchev–Trinajstić information content (AvgIpc) is 2.58. The van der Waals surface area contributed by atoms with Crippen LogP contribution in [0.3, 0.4) is 0 Å². The molecule has 15 heavy (non-hydrogen) atoms. The van der Waals surface area contributed by atoms with E-state index < -0.39 is 0 Å². The Morgan fingerprint density at radius 1 is 1.47 bits per heavy atom. The van der Waals surface area contributed by atoms with Crippen LogP contribution in [0.15, 0.2) is 14.9 Å². The number of thioether (sulfide) groups is 1. The smallest absolute Gasteiger partial charge is 0.171 e. The van der Waals surface area contributed by atoms with Crippen molar-refractivity contribution in [2.75, 3.05) is 5.75 Å². The number of halogens is 1. The molecule has 0 saturated carbocycles. The summed E-state index contributed by atoms with van der Waals surface area (Å²) in [6, 6.07) is 2.10. The van der Waals surface area contributed by atoms with E-state index in [1.54, 1.807) is 11.3 Å². The maximum Gasteiger partial charge on any atom is 0.171 e. The molecule has 0 saturated heterocycles. The van der Waals surface area contributed by atoms with Gasteiger partial charge < -0.3 is 0 Å². The van der Waals surface area contributed by atoms with E-state index in [9.17, 15) is 0 Å². The van der Waals surface area contributed by atoms with E-state index >= 15 is 0 Å². The van der Waals surface area contributed by atoms with Crippen molar-refractivity contribution in [3.8, 4) is 0 Å². The van der Waals surface area contributed by atoms with Crippen LogP contribution in [0.25, 0.3) is 10.3 Å². The SMILES string of the molecule is CCCSc1nc2nc(C)c(Br)cc2s1. The highest BCUT2D eigenvalue weighted by molar-refractivity contribution is 9.10. The summed E-state index contributed by atoms with van der Waals surface area (Å²) in [5, 5.41) is 0. The van der Waals surface area contributed by atoms with Crippen molar-refractivity contribution in [3.05, 3.63) is 16.2 Å². The van der Waals surface area contributed by atoms with Crippen molar-refractivity contribution in [2.45, 2.75) is 24.6 Å². The highest BCUT2D eigenvalue weighted by Gasteiger charge is 2.07. The predicted octanol–water partition coefficient (Wildman–Crippen LogP) is 4.26. The molecule has 0 N–H and O–H groups in total. The zero-order valence-electron chi connectivity index (χ0n) is 8.58. The van der Waals surface area contributed by atoms with Crippen molar-refractivity contribution in [2.24, 2.45) is 0 Å². The van der Waals surface area contributed by atoms with E-state index in [0.29, 0.717) is 0 Å². The minimum Gasteiger partial charge on any atom is -0.231 e. The van der Waals surface area contributed by atoms with E-state index in [-0.39, 0.29) is 0 Å². The fraction of sp³-hybridized carbons (Fsp3) is 0.400. The summed E-state index contributed by atoms with van der Waals surface area (Å²) in [4.78, 5) is 8.94. The Kier molecular flexibility index (Phi) is 3.64. The normalized spacial score (nSPS) is 11.1. The lowest BCUT2D eigenvalue weighted by Gasteiger charge is -1.94. The number of rotatable bonds is 3. The second-order valence-corrected chi connectivity index (χ2v) is 6.43. The Bertz CT molecular complexity index is 442. The lowest BCUT2D eigenvalue weighted by molar-refractivity contribution is 1.10. The van der Waals surface area contributed by atoms with E-state index in [0.717, 1.165) is 30.6 Å². The third-order valence-corrected chi connectivity index (χ3v) is 5.06. The average molecular weight is 303 g/mol. The van der Waals surface area contributed by atoms with Gasteiger partial charge in [0.1, 0.15) is 0 Å². The maximum atomic E-state index is 4.50. The topological polar surface area (TPSA) is 25.8 Å². The van der Waals surface area contributed by atoms with Crippen LogP contribution < -0.4 is 0 Å². The molecule has 0 spiro atoms. The number of aromatic nitrogens is 2. The quantitative estimate of drug-likeness (QED) is 0.792. The molecule has 0 aliphatic carbocycles. The molecule has 0 aliphatic rings. The van der Waals surface area contributed by atoms with Gasteiger partial charge in [0, 0.05) is 10.2 Å². The van der Waals surface area contributed by atoms with Crippen molar-refractivity contribution < 1.29 is 0 Å². The van der Waals surface area contributed by atoms with Crippen molar-refractivity contribution in [3.63, 3.8) is 0 Å². The van der Waals surface area contributed by atoms with Crippen LogP contribution in [-0.2, 0) is 0 Å². The van der Waals surface area contributed by atoms with Gasteiger partial charge in [-0.1, -0.05) is 18.7 Å². The number of pyridine rings is 1. The molecule has 80 valence electrons. The van der Waals surface area contributed by atoms with E-state index in [2.05, 4.69) is 38.9 Å². The lowest BCUT2D eigenvalue weighted by Crippen LogP contribution is -1.83. The van der Waals surface area contributed by atoms with Gasteiger partial charge in [-0.25, -0.2) is 9.97 Å². The zero-order valence-corrected chi connectivity index (χ0v) is 11.8. The molecular formula is C10H11BrN2S2. The Morgan fingerprint density at radius 3 is 3.00 bits per heavy atom. The molecule has 0 bridgehead atoms. The van der Waals surface area contributed by atoms with E-state index in [4.69, 9.17) is 0 Å². The molecule has 0 radical (unpaired) electrons. The van der Waals surface area contributed by atoms with E-state index in [1.807, 2.05) is 18.7 Å². The van der Waals surface area contributed by atoms with Crippen LogP contribution in [0.2, 0.25) is 0 Å². The second kappa shape index (κ2) is 4.80. The fourth-order valence-electron chi connectivity index (χ4n) is 1.16. The van der Waals surface area contributed by atoms with Crippen molar-refractivity contribution in [1.29, 1.82) is 0 Å². The molecule has 2 rings (SSSR count). The Balaban J connectivity index is 2.38. The molecule has 0 aromatic carbocycles. The van der Waals surface area contributed by atoms with Crippen molar-refractivity contribution in [1.82, 2.24) is 9.97 Å². The van der Waals surface area contributed by atoms with Gasteiger partial charge in [-0.05, 0) is 35.3 Å².